The maximum Gasteiger partial charge on any atom is 0.414 e. The monoisotopic (exact) mass is 339 g/mol. The van der Waals surface area contributed by atoms with Crippen LogP contribution in [0.15, 0.2) is 28.3 Å². The molecule has 0 fully saturated rings. The summed E-state index contributed by atoms with van der Waals surface area (Å²) < 4.78 is 0. The van der Waals surface area contributed by atoms with E-state index in [1.54, 1.807) is 24.6 Å². The second-order valence-corrected chi connectivity index (χ2v) is 5.71. The maximum absolute atomic E-state index is 11.7. The zero-order valence-corrected chi connectivity index (χ0v) is 13.4. The van der Waals surface area contributed by atoms with Gasteiger partial charge in [-0.25, -0.2) is 19.7 Å². The summed E-state index contributed by atoms with van der Waals surface area (Å²) in [4.78, 5) is 32.1. The van der Waals surface area contributed by atoms with Gasteiger partial charge in [-0.3, -0.25) is 4.79 Å². The van der Waals surface area contributed by atoms with Gasteiger partial charge in [0.2, 0.25) is 5.11 Å². The van der Waals surface area contributed by atoms with E-state index in [-0.39, 0.29) is 10.8 Å². The zero-order valence-electron chi connectivity index (χ0n) is 11.8. The molecule has 0 aliphatic carbocycles. The quantitative estimate of drug-likeness (QED) is 0.643. The molecular weight excluding hydrogens is 326 g/mol. The molecule has 1 aromatic heterocycles. The van der Waals surface area contributed by atoms with Gasteiger partial charge in [0.1, 0.15) is 10.9 Å². The van der Waals surface area contributed by atoms with Gasteiger partial charge in [0.15, 0.2) is 0 Å². The average Bonchev–Trinajstić information content (AvgIpc) is 2.45. The smallest absolute Gasteiger partial charge is 0.414 e. The first-order valence-corrected chi connectivity index (χ1v) is 7.84. The first kappa shape index (κ1) is 16.4. The van der Waals surface area contributed by atoms with Crippen LogP contribution in [0.2, 0.25) is 0 Å². The maximum atomic E-state index is 11.7. The van der Waals surface area contributed by atoms with Crippen molar-refractivity contribution in [2.24, 2.45) is 10.9 Å². The fraction of sp³-hybridized carbons (Fsp3) is 0.308. The topological polar surface area (TPSA) is 103 Å². The predicted molar refractivity (Wildman–Crippen MR) is 85.5 cm³/mol. The summed E-state index contributed by atoms with van der Waals surface area (Å²) in [5, 5.41) is 19.4. The van der Waals surface area contributed by atoms with E-state index in [1.807, 2.05) is 0 Å². The Kier molecular flexibility index (Phi) is 4.77. The van der Waals surface area contributed by atoms with Crippen LogP contribution in [-0.4, -0.2) is 49.2 Å². The molecule has 0 radical (unpaired) electrons. The molecule has 0 bridgehead atoms. The standard InChI is InChI=1S/C13H13N3O4S2/c1-6-8(11(17)18)9(16(13(19)20)12(21)15-6)7-4-3-5-14-10(7)22-2/h3-5,8-9H,1-2H3,(H,17,18)(H,19,20). The summed E-state index contributed by atoms with van der Waals surface area (Å²) in [6, 6.07) is 2.31. The van der Waals surface area contributed by atoms with E-state index in [4.69, 9.17) is 12.2 Å². The van der Waals surface area contributed by atoms with E-state index in [1.165, 1.54) is 18.7 Å². The molecule has 1 amide bonds. The van der Waals surface area contributed by atoms with Crippen molar-refractivity contribution in [1.82, 2.24) is 9.88 Å². The molecule has 2 rings (SSSR count). The van der Waals surface area contributed by atoms with Crippen molar-refractivity contribution >= 4 is 46.9 Å². The molecule has 0 saturated heterocycles. The molecule has 1 aliphatic rings. The number of nitrogens with zero attached hydrogens (tertiary/aromatic N) is 3. The van der Waals surface area contributed by atoms with Crippen LogP contribution in [0.5, 0.6) is 0 Å². The van der Waals surface area contributed by atoms with Gasteiger partial charge in [-0.2, -0.15) is 0 Å². The summed E-state index contributed by atoms with van der Waals surface area (Å²) in [7, 11) is 0. The van der Waals surface area contributed by atoms with Gasteiger partial charge in [-0.15, -0.1) is 11.8 Å². The molecule has 2 heterocycles. The molecule has 0 spiro atoms. The van der Waals surface area contributed by atoms with Crippen molar-refractivity contribution in [2.75, 3.05) is 6.26 Å². The molecule has 9 heteroatoms. The minimum Gasteiger partial charge on any atom is -0.481 e. The number of rotatable bonds is 3. The molecule has 2 N–H and O–H groups in total. The molecule has 0 aromatic carbocycles. The molecule has 1 aromatic rings. The number of aromatic nitrogens is 1. The van der Waals surface area contributed by atoms with E-state index < -0.39 is 24.0 Å². The number of amides is 1. The molecule has 0 saturated carbocycles. The minimum atomic E-state index is -1.34. The Balaban J connectivity index is 2.68. The van der Waals surface area contributed by atoms with E-state index in [2.05, 4.69) is 9.98 Å². The van der Waals surface area contributed by atoms with Gasteiger partial charge in [0, 0.05) is 17.5 Å². The minimum absolute atomic E-state index is 0.164. The normalized spacial score (nSPS) is 21.5. The second kappa shape index (κ2) is 6.41. The Morgan fingerprint density at radius 3 is 2.64 bits per heavy atom. The molecule has 22 heavy (non-hydrogen) atoms. The third-order valence-electron chi connectivity index (χ3n) is 3.31. The Morgan fingerprint density at radius 2 is 2.09 bits per heavy atom. The van der Waals surface area contributed by atoms with Crippen LogP contribution in [0.25, 0.3) is 0 Å². The number of hydrogen-bond donors (Lipinski definition) is 2. The summed E-state index contributed by atoms with van der Waals surface area (Å²) >= 11 is 6.33. The van der Waals surface area contributed by atoms with Crippen LogP contribution in [-0.2, 0) is 4.79 Å². The Labute approximate surface area is 136 Å². The molecule has 7 nitrogen and oxygen atoms in total. The van der Waals surface area contributed by atoms with E-state index >= 15 is 0 Å². The summed E-state index contributed by atoms with van der Waals surface area (Å²) in [6.45, 7) is 1.53. The van der Waals surface area contributed by atoms with Crippen molar-refractivity contribution in [3.63, 3.8) is 0 Å². The van der Waals surface area contributed by atoms with E-state index in [9.17, 15) is 19.8 Å². The number of carboxylic acids is 1. The third kappa shape index (κ3) is 2.81. The highest BCUT2D eigenvalue weighted by molar-refractivity contribution is 7.98. The summed E-state index contributed by atoms with van der Waals surface area (Å²) in [5.74, 6) is -2.27. The predicted octanol–water partition coefficient (Wildman–Crippen LogP) is 2.28. The van der Waals surface area contributed by atoms with Gasteiger partial charge in [-0.1, -0.05) is 6.07 Å². The molecule has 2 unspecified atom stereocenters. The Hall–Kier alpha value is -2.00. The van der Waals surface area contributed by atoms with Crippen LogP contribution in [0.1, 0.15) is 18.5 Å². The molecule has 1 aliphatic heterocycles. The van der Waals surface area contributed by atoms with E-state index in [0.717, 1.165) is 4.90 Å². The number of aliphatic carboxylic acids is 1. The van der Waals surface area contributed by atoms with Crippen LogP contribution >= 0.6 is 24.0 Å². The number of carboxylic acid groups (broad SMARTS) is 2. The highest BCUT2D eigenvalue weighted by Crippen LogP contribution is 2.37. The Bertz CT molecular complexity index is 677. The largest absolute Gasteiger partial charge is 0.481 e. The van der Waals surface area contributed by atoms with Gasteiger partial charge in [-0.05, 0) is 31.5 Å². The first-order valence-electron chi connectivity index (χ1n) is 6.21. The van der Waals surface area contributed by atoms with Gasteiger partial charge < -0.3 is 10.2 Å². The highest BCUT2D eigenvalue weighted by Gasteiger charge is 2.44. The fourth-order valence-electron chi connectivity index (χ4n) is 2.40. The number of pyridine rings is 1. The third-order valence-corrected chi connectivity index (χ3v) is 4.32. The SMILES string of the molecule is CSc1ncccc1C1C(C(=O)O)C(C)=NC(=S)N1C(=O)O. The number of carbonyl (C=O) groups is 2. The van der Waals surface area contributed by atoms with Crippen LogP contribution in [0.3, 0.4) is 0 Å². The lowest BCUT2D eigenvalue weighted by Crippen LogP contribution is -2.49. The van der Waals surface area contributed by atoms with E-state index in [0.29, 0.717) is 10.6 Å². The average molecular weight is 339 g/mol. The molecular formula is C13H13N3O4S2. The van der Waals surface area contributed by atoms with Crippen molar-refractivity contribution in [1.29, 1.82) is 0 Å². The lowest BCUT2D eigenvalue weighted by atomic mass is 9.88. The van der Waals surface area contributed by atoms with Crippen molar-refractivity contribution in [3.05, 3.63) is 23.9 Å². The summed E-state index contributed by atoms with van der Waals surface area (Å²) in [5.41, 5.74) is 0.775. The number of hydrogen-bond acceptors (Lipinski definition) is 5. The first-order chi connectivity index (χ1) is 10.4. The number of thioether (sulfide) groups is 1. The molecule has 116 valence electrons. The lowest BCUT2D eigenvalue weighted by molar-refractivity contribution is -0.140. The lowest BCUT2D eigenvalue weighted by Gasteiger charge is -2.36. The van der Waals surface area contributed by atoms with Crippen LogP contribution in [0, 0.1) is 5.92 Å². The van der Waals surface area contributed by atoms with Crippen molar-refractivity contribution in [2.45, 2.75) is 18.0 Å². The van der Waals surface area contributed by atoms with Crippen molar-refractivity contribution < 1.29 is 19.8 Å². The summed E-state index contributed by atoms with van der Waals surface area (Å²) in [6.07, 6.45) is 2.01. The Morgan fingerprint density at radius 1 is 1.41 bits per heavy atom. The molecule has 2 atom stereocenters. The van der Waals surface area contributed by atoms with Crippen LogP contribution < -0.4 is 0 Å². The zero-order chi connectivity index (χ0) is 16.4. The number of thiocarbonyl (C=S) groups is 1. The van der Waals surface area contributed by atoms with Gasteiger partial charge in [0.25, 0.3) is 0 Å². The second-order valence-electron chi connectivity index (χ2n) is 4.55. The van der Waals surface area contributed by atoms with Crippen LogP contribution in [0.4, 0.5) is 4.79 Å². The van der Waals surface area contributed by atoms with Gasteiger partial charge in [0.05, 0.1) is 6.04 Å². The van der Waals surface area contributed by atoms with Gasteiger partial charge >= 0.3 is 12.1 Å². The fourth-order valence-corrected chi connectivity index (χ4v) is 3.33. The number of aliphatic imine (C=N–C) groups is 1. The highest BCUT2D eigenvalue weighted by atomic mass is 32.2. The van der Waals surface area contributed by atoms with Crippen molar-refractivity contribution in [3.8, 4) is 0 Å².